The van der Waals surface area contributed by atoms with E-state index in [1.54, 1.807) is 30.3 Å². The lowest BCUT2D eigenvalue weighted by molar-refractivity contribution is -0.136. The predicted molar refractivity (Wildman–Crippen MR) is 101 cm³/mol. The first-order valence-corrected chi connectivity index (χ1v) is 8.30. The molecule has 0 aliphatic carbocycles. The first-order valence-electron chi connectivity index (χ1n) is 8.30. The van der Waals surface area contributed by atoms with E-state index < -0.39 is 18.5 Å². The lowest BCUT2D eigenvalue weighted by atomic mass is 10.2. The van der Waals surface area contributed by atoms with Crippen LogP contribution in [0.5, 0.6) is 5.75 Å². The monoisotopic (exact) mass is 370 g/mol. The van der Waals surface area contributed by atoms with Gasteiger partial charge in [-0.2, -0.15) is 0 Å². The highest BCUT2D eigenvalue weighted by molar-refractivity contribution is 5.95. The number of methoxy groups -OCH3 is 1. The second-order valence-corrected chi connectivity index (χ2v) is 5.97. The first-order chi connectivity index (χ1) is 12.9. The highest BCUT2D eigenvalue weighted by atomic mass is 16.5. The third-order valence-electron chi connectivity index (χ3n) is 3.77. The van der Waals surface area contributed by atoms with E-state index in [2.05, 4.69) is 5.32 Å². The van der Waals surface area contributed by atoms with Gasteiger partial charge in [0.15, 0.2) is 6.61 Å². The normalized spacial score (nSPS) is 10.0. The van der Waals surface area contributed by atoms with Crippen molar-refractivity contribution >= 4 is 23.5 Å². The second-order valence-electron chi connectivity index (χ2n) is 5.97. The van der Waals surface area contributed by atoms with Crippen molar-refractivity contribution in [1.29, 1.82) is 0 Å². The number of carbonyl (C=O) groups excluding carboxylic acids is 3. The minimum Gasteiger partial charge on any atom is -0.497 e. The molecule has 0 spiro atoms. The van der Waals surface area contributed by atoms with Crippen molar-refractivity contribution < 1.29 is 23.9 Å². The van der Waals surface area contributed by atoms with Crippen LogP contribution in [-0.2, 0) is 14.3 Å². The minimum absolute atomic E-state index is 0.149. The van der Waals surface area contributed by atoms with Crippen LogP contribution < -0.4 is 10.1 Å². The lowest BCUT2D eigenvalue weighted by Crippen LogP contribution is -2.37. The number of aryl methyl sites for hydroxylation is 1. The summed E-state index contributed by atoms with van der Waals surface area (Å²) >= 11 is 0. The molecule has 0 saturated carbocycles. The molecule has 0 unspecified atom stereocenters. The Labute approximate surface area is 157 Å². The number of likely N-dealkylation sites (N-methyl/N-ethyl adjacent to an activating group) is 1. The highest BCUT2D eigenvalue weighted by Crippen LogP contribution is 2.13. The van der Waals surface area contributed by atoms with Gasteiger partial charge in [-0.1, -0.05) is 23.8 Å². The van der Waals surface area contributed by atoms with Crippen molar-refractivity contribution in [2.24, 2.45) is 0 Å². The molecule has 7 nitrogen and oxygen atoms in total. The van der Waals surface area contributed by atoms with Gasteiger partial charge in [-0.15, -0.1) is 0 Å². The summed E-state index contributed by atoms with van der Waals surface area (Å²) in [6.07, 6.45) is 0. The van der Waals surface area contributed by atoms with Gasteiger partial charge in [0.2, 0.25) is 5.91 Å². The second kappa shape index (κ2) is 9.38. The number of benzene rings is 2. The molecular weight excluding hydrogens is 348 g/mol. The number of ether oxygens (including phenoxy) is 2. The fourth-order valence-corrected chi connectivity index (χ4v) is 2.21. The minimum atomic E-state index is -0.639. The zero-order valence-electron chi connectivity index (χ0n) is 15.5. The number of carbonyl (C=O) groups is 3. The lowest BCUT2D eigenvalue weighted by Gasteiger charge is -2.17. The van der Waals surface area contributed by atoms with Crippen LogP contribution in [0, 0.1) is 6.92 Å². The van der Waals surface area contributed by atoms with E-state index in [9.17, 15) is 14.4 Å². The maximum Gasteiger partial charge on any atom is 0.338 e. The Balaban J connectivity index is 1.81. The Morgan fingerprint density at radius 1 is 1.07 bits per heavy atom. The van der Waals surface area contributed by atoms with Gasteiger partial charge in [0.25, 0.3) is 5.91 Å². The third-order valence-corrected chi connectivity index (χ3v) is 3.77. The number of esters is 1. The summed E-state index contributed by atoms with van der Waals surface area (Å²) in [4.78, 5) is 37.3. The fraction of sp³-hybridized carbons (Fsp3) is 0.250. The van der Waals surface area contributed by atoms with Crippen LogP contribution in [0.2, 0.25) is 0 Å². The summed E-state index contributed by atoms with van der Waals surface area (Å²) in [5, 5.41) is 2.70. The van der Waals surface area contributed by atoms with Crippen molar-refractivity contribution in [3.8, 4) is 5.75 Å². The molecule has 0 aliphatic heterocycles. The summed E-state index contributed by atoms with van der Waals surface area (Å²) in [7, 11) is 2.96. The van der Waals surface area contributed by atoms with Crippen LogP contribution in [0.25, 0.3) is 0 Å². The Bertz CT molecular complexity index is 817. The van der Waals surface area contributed by atoms with Gasteiger partial charge in [0, 0.05) is 12.7 Å². The van der Waals surface area contributed by atoms with E-state index >= 15 is 0 Å². The molecule has 0 fully saturated rings. The van der Waals surface area contributed by atoms with E-state index in [0.29, 0.717) is 11.4 Å². The zero-order valence-corrected chi connectivity index (χ0v) is 15.5. The summed E-state index contributed by atoms with van der Waals surface area (Å²) in [6, 6.07) is 13.8. The average molecular weight is 370 g/mol. The van der Waals surface area contributed by atoms with Crippen molar-refractivity contribution in [1.82, 2.24) is 4.90 Å². The quantitative estimate of drug-likeness (QED) is 0.756. The summed E-state index contributed by atoms with van der Waals surface area (Å²) in [5.74, 6) is -0.945. The number of rotatable bonds is 7. The van der Waals surface area contributed by atoms with Gasteiger partial charge in [-0.3, -0.25) is 9.59 Å². The smallest absolute Gasteiger partial charge is 0.338 e. The number of hydrogen-bond donors (Lipinski definition) is 1. The van der Waals surface area contributed by atoms with E-state index in [1.165, 1.54) is 25.1 Å². The van der Waals surface area contributed by atoms with Crippen molar-refractivity contribution in [3.63, 3.8) is 0 Å². The Hall–Kier alpha value is -3.35. The molecule has 2 aromatic carbocycles. The maximum atomic E-state index is 12.1. The summed E-state index contributed by atoms with van der Waals surface area (Å²) in [6.45, 7) is 1.35. The van der Waals surface area contributed by atoms with Gasteiger partial charge in [-0.25, -0.2) is 4.79 Å². The van der Waals surface area contributed by atoms with E-state index in [-0.39, 0.29) is 18.0 Å². The molecule has 0 saturated heterocycles. The molecule has 27 heavy (non-hydrogen) atoms. The SMILES string of the molecule is COc1cccc(C(=O)OCC(=O)N(C)CC(=O)Nc2ccc(C)cc2)c1. The molecule has 0 bridgehead atoms. The van der Waals surface area contributed by atoms with E-state index in [4.69, 9.17) is 9.47 Å². The van der Waals surface area contributed by atoms with Crippen molar-refractivity contribution in [3.05, 3.63) is 59.7 Å². The topological polar surface area (TPSA) is 84.9 Å². The van der Waals surface area contributed by atoms with Crippen LogP contribution in [0.3, 0.4) is 0 Å². The molecule has 0 heterocycles. The standard InChI is InChI=1S/C20H22N2O5/c1-14-7-9-16(10-8-14)21-18(23)12-22(2)19(24)13-27-20(25)15-5-4-6-17(11-15)26-3/h4-11H,12-13H2,1-3H3,(H,21,23). The molecule has 7 heteroatoms. The Morgan fingerprint density at radius 2 is 1.78 bits per heavy atom. The maximum absolute atomic E-state index is 12.1. The molecule has 0 atom stereocenters. The van der Waals surface area contributed by atoms with E-state index in [0.717, 1.165) is 5.56 Å². The molecule has 2 aromatic rings. The molecule has 1 N–H and O–H groups in total. The van der Waals surface area contributed by atoms with Crippen LogP contribution in [0.1, 0.15) is 15.9 Å². The van der Waals surface area contributed by atoms with Crippen molar-refractivity contribution in [2.45, 2.75) is 6.92 Å². The third kappa shape index (κ3) is 6.14. The Morgan fingerprint density at radius 3 is 2.44 bits per heavy atom. The molecule has 2 rings (SSSR count). The van der Waals surface area contributed by atoms with Crippen LogP contribution in [-0.4, -0.2) is 50.0 Å². The molecule has 0 aromatic heterocycles. The molecule has 2 amide bonds. The molecule has 142 valence electrons. The van der Waals surface area contributed by atoms with Gasteiger partial charge < -0.3 is 19.7 Å². The highest BCUT2D eigenvalue weighted by Gasteiger charge is 2.16. The van der Waals surface area contributed by atoms with Crippen LogP contribution in [0.4, 0.5) is 5.69 Å². The van der Waals surface area contributed by atoms with Gasteiger partial charge >= 0.3 is 5.97 Å². The number of nitrogens with zero attached hydrogens (tertiary/aromatic N) is 1. The van der Waals surface area contributed by atoms with Gasteiger partial charge in [0.1, 0.15) is 5.75 Å². The van der Waals surface area contributed by atoms with E-state index in [1.807, 2.05) is 19.1 Å². The summed E-state index contributed by atoms with van der Waals surface area (Å²) in [5.41, 5.74) is 2.01. The molecule has 0 radical (unpaired) electrons. The fourth-order valence-electron chi connectivity index (χ4n) is 2.21. The molecular formula is C20H22N2O5. The number of hydrogen-bond acceptors (Lipinski definition) is 5. The van der Waals surface area contributed by atoms with Gasteiger partial charge in [0.05, 0.1) is 19.2 Å². The predicted octanol–water partition coefficient (Wildman–Crippen LogP) is 2.26. The number of nitrogens with one attached hydrogen (secondary N) is 1. The largest absolute Gasteiger partial charge is 0.497 e. The molecule has 0 aliphatic rings. The summed E-state index contributed by atoms with van der Waals surface area (Å²) < 4.78 is 10.0. The average Bonchev–Trinajstić information content (AvgIpc) is 2.67. The van der Waals surface area contributed by atoms with Gasteiger partial charge in [-0.05, 0) is 37.3 Å². The number of amides is 2. The van der Waals surface area contributed by atoms with Crippen LogP contribution >= 0.6 is 0 Å². The zero-order chi connectivity index (χ0) is 19.8. The van der Waals surface area contributed by atoms with Crippen LogP contribution in [0.15, 0.2) is 48.5 Å². The first kappa shape index (κ1) is 20.0. The van der Waals surface area contributed by atoms with Crippen molar-refractivity contribution in [2.75, 3.05) is 32.6 Å². The Kier molecular flexibility index (Phi) is 6.93. The number of anilines is 1.